The molecule has 1 aliphatic rings. The fourth-order valence-electron chi connectivity index (χ4n) is 2.33. The third-order valence-corrected chi connectivity index (χ3v) is 3.81. The van der Waals surface area contributed by atoms with Crippen LogP contribution in [0.5, 0.6) is 0 Å². The molecule has 0 aromatic heterocycles. The monoisotopic (exact) mass is 320 g/mol. The van der Waals surface area contributed by atoms with E-state index in [1.807, 2.05) is 6.07 Å². The van der Waals surface area contributed by atoms with E-state index in [9.17, 15) is 4.79 Å². The molecular formula is C15H13ClN2O2S. The average molecular weight is 321 g/mol. The number of hydrogen-bond acceptors (Lipinski definition) is 4. The van der Waals surface area contributed by atoms with Gasteiger partial charge in [0.05, 0.1) is 24.2 Å². The van der Waals surface area contributed by atoms with Gasteiger partial charge in [-0.1, -0.05) is 36.0 Å². The molecule has 0 radical (unpaired) electrons. The normalized spacial score (nSPS) is 18.1. The van der Waals surface area contributed by atoms with Gasteiger partial charge >= 0.3 is 5.97 Å². The topological polar surface area (TPSA) is 62.2 Å². The summed E-state index contributed by atoms with van der Waals surface area (Å²) in [5.41, 5.74) is 2.19. The third kappa shape index (κ3) is 2.90. The summed E-state index contributed by atoms with van der Waals surface area (Å²) < 4.78 is 4.85. The van der Waals surface area contributed by atoms with Gasteiger partial charge in [-0.3, -0.25) is 5.41 Å². The molecule has 0 saturated carbocycles. The molecule has 1 aromatic rings. The first-order valence-electron chi connectivity index (χ1n) is 6.15. The number of esters is 1. The smallest absolute Gasteiger partial charge is 0.336 e. The summed E-state index contributed by atoms with van der Waals surface area (Å²) in [6.45, 7) is 1.75. The minimum absolute atomic E-state index is 0.375. The Kier molecular flexibility index (Phi) is 4.58. The Morgan fingerprint density at radius 2 is 2.24 bits per heavy atom. The summed E-state index contributed by atoms with van der Waals surface area (Å²) in [5, 5.41) is 11.0. The van der Waals surface area contributed by atoms with E-state index in [2.05, 4.69) is 11.2 Å². The zero-order valence-electron chi connectivity index (χ0n) is 11.5. The van der Waals surface area contributed by atoms with Crippen LogP contribution in [0, 0.1) is 5.41 Å². The number of allylic oxidation sites excluding steroid dienone is 1. The lowest BCUT2D eigenvalue weighted by molar-refractivity contribution is -0.136. The van der Waals surface area contributed by atoms with Gasteiger partial charge in [-0.2, -0.15) is 0 Å². The first-order valence-corrected chi connectivity index (χ1v) is 6.93. The van der Waals surface area contributed by atoms with Crippen LogP contribution in [0.1, 0.15) is 18.4 Å². The average Bonchev–Trinajstić information content (AvgIpc) is 2.45. The minimum atomic E-state index is -0.512. The van der Waals surface area contributed by atoms with Crippen molar-refractivity contribution < 1.29 is 9.53 Å². The van der Waals surface area contributed by atoms with E-state index in [0.717, 1.165) is 5.56 Å². The minimum Gasteiger partial charge on any atom is -0.466 e. The lowest BCUT2D eigenvalue weighted by atomic mass is 9.81. The van der Waals surface area contributed by atoms with Crippen LogP contribution >= 0.6 is 23.8 Å². The Morgan fingerprint density at radius 3 is 2.81 bits per heavy atom. The molecule has 0 fully saturated rings. The number of thiocarbonyl (C=S) groups is 1. The summed E-state index contributed by atoms with van der Waals surface area (Å²) >= 11 is 11.3. The van der Waals surface area contributed by atoms with Gasteiger partial charge in [0.2, 0.25) is 0 Å². The third-order valence-electron chi connectivity index (χ3n) is 3.25. The second-order valence-corrected chi connectivity index (χ2v) is 5.36. The highest BCUT2D eigenvalue weighted by atomic mass is 35.5. The van der Waals surface area contributed by atoms with Crippen molar-refractivity contribution in [3.05, 3.63) is 51.7 Å². The Balaban J connectivity index is 2.70. The van der Waals surface area contributed by atoms with Crippen molar-refractivity contribution in [2.24, 2.45) is 0 Å². The van der Waals surface area contributed by atoms with E-state index in [1.54, 1.807) is 25.1 Å². The largest absolute Gasteiger partial charge is 0.466 e. The maximum Gasteiger partial charge on any atom is 0.336 e. The molecule has 0 unspecified atom stereocenters. The van der Waals surface area contributed by atoms with Crippen LogP contribution in [-0.2, 0) is 9.53 Å². The Bertz CT molecular complexity index is 705. The van der Waals surface area contributed by atoms with Gasteiger partial charge in [0.15, 0.2) is 0 Å². The van der Waals surface area contributed by atoms with Gasteiger partial charge in [-0.15, -0.1) is 0 Å². The number of nitrogens with one attached hydrogen (secondary N) is 2. The van der Waals surface area contributed by atoms with Crippen LogP contribution in [0.4, 0.5) is 0 Å². The molecule has 0 aliphatic carbocycles. The van der Waals surface area contributed by atoms with Crippen LogP contribution in [0.25, 0.3) is 0 Å². The van der Waals surface area contributed by atoms with E-state index in [0.29, 0.717) is 26.9 Å². The molecule has 1 aromatic carbocycles. The van der Waals surface area contributed by atoms with E-state index < -0.39 is 11.9 Å². The maximum absolute atomic E-state index is 12.1. The second-order valence-electron chi connectivity index (χ2n) is 4.51. The molecule has 0 spiro atoms. The number of rotatable bonds is 2. The molecule has 108 valence electrons. The summed E-state index contributed by atoms with van der Waals surface area (Å²) in [7, 11) is 1.32. The van der Waals surface area contributed by atoms with Crippen molar-refractivity contribution in [2.45, 2.75) is 12.8 Å². The second kappa shape index (κ2) is 6.22. The molecule has 21 heavy (non-hydrogen) atoms. The molecule has 1 aliphatic heterocycles. The van der Waals surface area contributed by atoms with E-state index in [4.69, 9.17) is 34.0 Å². The van der Waals surface area contributed by atoms with Crippen molar-refractivity contribution in [1.82, 2.24) is 5.32 Å². The van der Waals surface area contributed by atoms with Crippen LogP contribution < -0.4 is 5.32 Å². The summed E-state index contributed by atoms with van der Waals surface area (Å²) in [6.07, 6.45) is 0. The fourth-order valence-corrected chi connectivity index (χ4v) is 2.85. The van der Waals surface area contributed by atoms with Crippen molar-refractivity contribution in [2.75, 3.05) is 7.11 Å². The van der Waals surface area contributed by atoms with E-state index >= 15 is 0 Å². The van der Waals surface area contributed by atoms with Gasteiger partial charge in [0.25, 0.3) is 0 Å². The van der Waals surface area contributed by atoms with Crippen molar-refractivity contribution in [1.29, 1.82) is 5.41 Å². The number of carbonyl (C=O) groups is 1. The molecule has 0 bridgehead atoms. The molecule has 1 atom stereocenters. The first-order chi connectivity index (χ1) is 9.99. The van der Waals surface area contributed by atoms with Crippen LogP contribution in [0.15, 0.2) is 41.1 Å². The molecule has 4 nitrogen and oxygen atoms in total. The standard InChI is InChI=1S/C15H13ClN2O2S/c1-8-12(15(19)20-2)13(11(7-17)14(21)18-8)9-4-3-5-10(16)6-9/h3-6,13,17H,1-2H3,(H,18,21)/t13-/m0/s1. The number of carbonyl (C=O) groups excluding carboxylic acids is 1. The van der Waals surface area contributed by atoms with E-state index in [1.165, 1.54) is 7.11 Å². The molecule has 1 heterocycles. The number of halogens is 1. The van der Waals surface area contributed by atoms with Gasteiger partial charge in [0.1, 0.15) is 4.99 Å². The number of hydrogen-bond donors (Lipinski definition) is 2. The van der Waals surface area contributed by atoms with Crippen LogP contribution in [0.3, 0.4) is 0 Å². The molecule has 2 N–H and O–H groups in total. The van der Waals surface area contributed by atoms with Crippen LogP contribution in [0.2, 0.25) is 5.02 Å². The lowest BCUT2D eigenvalue weighted by Gasteiger charge is -2.29. The van der Waals surface area contributed by atoms with Crippen molar-refractivity contribution >= 4 is 40.6 Å². The van der Waals surface area contributed by atoms with E-state index in [-0.39, 0.29) is 0 Å². The van der Waals surface area contributed by atoms with Gasteiger partial charge < -0.3 is 10.1 Å². The quantitative estimate of drug-likeness (QED) is 0.380. The summed E-state index contributed by atoms with van der Waals surface area (Å²) in [4.78, 5) is 12.5. The summed E-state index contributed by atoms with van der Waals surface area (Å²) in [5.74, 6) is 1.35. The Morgan fingerprint density at radius 1 is 1.52 bits per heavy atom. The number of methoxy groups -OCH3 is 1. The SMILES string of the molecule is COC(=O)C1=C(C)NC(=S)C(=C=N)[C@@H]1c1cccc(Cl)c1. The maximum atomic E-state index is 12.1. The highest BCUT2D eigenvalue weighted by Crippen LogP contribution is 2.37. The number of benzene rings is 1. The number of ether oxygens (including phenoxy) is 1. The highest BCUT2D eigenvalue weighted by Gasteiger charge is 2.35. The zero-order valence-corrected chi connectivity index (χ0v) is 13.1. The molecule has 2 rings (SSSR count). The van der Waals surface area contributed by atoms with Gasteiger partial charge in [-0.05, 0) is 30.5 Å². The van der Waals surface area contributed by atoms with Gasteiger partial charge in [-0.25, -0.2) is 4.79 Å². The Hall–Kier alpha value is -1.94. The first kappa shape index (κ1) is 15.4. The predicted molar refractivity (Wildman–Crippen MR) is 85.9 cm³/mol. The molecule has 6 heteroatoms. The summed E-state index contributed by atoms with van der Waals surface area (Å²) in [6, 6.07) is 7.10. The Labute approximate surface area is 133 Å². The van der Waals surface area contributed by atoms with Crippen molar-refractivity contribution in [3.8, 4) is 0 Å². The highest BCUT2D eigenvalue weighted by molar-refractivity contribution is 7.80. The van der Waals surface area contributed by atoms with Gasteiger partial charge in [0, 0.05) is 10.7 Å². The zero-order chi connectivity index (χ0) is 15.6. The lowest BCUT2D eigenvalue weighted by Crippen LogP contribution is -2.35. The van der Waals surface area contributed by atoms with Crippen molar-refractivity contribution in [3.63, 3.8) is 0 Å². The molecular weight excluding hydrogens is 308 g/mol. The molecule has 0 saturated heterocycles. The fraction of sp³-hybridized carbons (Fsp3) is 0.200. The predicted octanol–water partition coefficient (Wildman–Crippen LogP) is 2.98. The van der Waals surface area contributed by atoms with Crippen LogP contribution in [-0.4, -0.2) is 23.9 Å². The molecule has 0 amide bonds.